The Morgan fingerprint density at radius 3 is 3.04 bits per heavy atom. The molecule has 0 saturated carbocycles. The van der Waals surface area contributed by atoms with Gasteiger partial charge in [-0.1, -0.05) is 0 Å². The number of aryl methyl sites for hydroxylation is 2. The molecule has 1 saturated heterocycles. The number of piperidine rings is 1. The van der Waals surface area contributed by atoms with Crippen molar-refractivity contribution in [3.8, 4) is 0 Å². The van der Waals surface area contributed by atoms with Crippen LogP contribution in [0.25, 0.3) is 0 Å². The van der Waals surface area contributed by atoms with Gasteiger partial charge in [-0.15, -0.1) is 0 Å². The standard InChI is InChI=1S/C14H19N7O2/c1-19-7-4-12(18-19)21-6-2-3-11(14(21)23)17-13(22)5-8-20-10-15-9-16-20/h4,7,9-11H,2-3,5-6,8H2,1H3,(H,17,22). The summed E-state index contributed by atoms with van der Waals surface area (Å²) in [6.07, 6.45) is 6.52. The van der Waals surface area contributed by atoms with Gasteiger partial charge in [-0.25, -0.2) is 4.98 Å². The summed E-state index contributed by atoms with van der Waals surface area (Å²) >= 11 is 0. The molecule has 1 aliphatic heterocycles. The first kappa shape index (κ1) is 15.2. The van der Waals surface area contributed by atoms with Crippen LogP contribution in [0.15, 0.2) is 24.9 Å². The minimum atomic E-state index is -0.492. The van der Waals surface area contributed by atoms with E-state index in [0.717, 1.165) is 6.42 Å². The summed E-state index contributed by atoms with van der Waals surface area (Å²) in [5, 5.41) is 11.0. The molecule has 23 heavy (non-hydrogen) atoms. The van der Waals surface area contributed by atoms with E-state index in [1.54, 1.807) is 39.9 Å². The minimum Gasteiger partial charge on any atom is -0.344 e. The van der Waals surface area contributed by atoms with Gasteiger partial charge < -0.3 is 5.32 Å². The van der Waals surface area contributed by atoms with E-state index in [0.29, 0.717) is 25.3 Å². The highest BCUT2D eigenvalue weighted by molar-refractivity contribution is 5.99. The van der Waals surface area contributed by atoms with Crippen LogP contribution >= 0.6 is 0 Å². The van der Waals surface area contributed by atoms with Crippen molar-refractivity contribution in [1.29, 1.82) is 0 Å². The SMILES string of the molecule is Cn1ccc(N2CCCC(NC(=O)CCn3cncn3)C2=O)n1. The number of hydrogen-bond donors (Lipinski definition) is 1. The van der Waals surface area contributed by atoms with E-state index in [9.17, 15) is 9.59 Å². The number of aromatic nitrogens is 5. The third-order valence-electron chi connectivity index (χ3n) is 3.78. The second-order valence-corrected chi connectivity index (χ2v) is 5.51. The van der Waals surface area contributed by atoms with Crippen LogP contribution in [0, 0.1) is 0 Å². The van der Waals surface area contributed by atoms with Gasteiger partial charge in [0.15, 0.2) is 5.82 Å². The zero-order valence-corrected chi connectivity index (χ0v) is 12.9. The van der Waals surface area contributed by atoms with Gasteiger partial charge >= 0.3 is 0 Å². The van der Waals surface area contributed by atoms with Crippen molar-refractivity contribution in [2.75, 3.05) is 11.4 Å². The van der Waals surface area contributed by atoms with E-state index in [-0.39, 0.29) is 18.2 Å². The second kappa shape index (κ2) is 6.59. The van der Waals surface area contributed by atoms with Crippen LogP contribution in [0.2, 0.25) is 0 Å². The quantitative estimate of drug-likeness (QED) is 0.817. The van der Waals surface area contributed by atoms with E-state index >= 15 is 0 Å². The summed E-state index contributed by atoms with van der Waals surface area (Å²) in [5.41, 5.74) is 0. The lowest BCUT2D eigenvalue weighted by molar-refractivity contribution is -0.128. The lowest BCUT2D eigenvalue weighted by atomic mass is 10.0. The van der Waals surface area contributed by atoms with Gasteiger partial charge in [-0.3, -0.25) is 23.9 Å². The van der Waals surface area contributed by atoms with Crippen LogP contribution in [-0.2, 0) is 23.2 Å². The van der Waals surface area contributed by atoms with Crippen LogP contribution < -0.4 is 10.2 Å². The molecule has 2 amide bonds. The zero-order valence-electron chi connectivity index (χ0n) is 12.9. The van der Waals surface area contributed by atoms with Gasteiger partial charge in [0.25, 0.3) is 5.91 Å². The van der Waals surface area contributed by atoms with E-state index < -0.39 is 6.04 Å². The summed E-state index contributed by atoms with van der Waals surface area (Å²) in [4.78, 5) is 30.0. The summed E-state index contributed by atoms with van der Waals surface area (Å²) in [6.45, 7) is 1.07. The number of hydrogen-bond acceptors (Lipinski definition) is 5. The Morgan fingerprint density at radius 1 is 1.48 bits per heavy atom. The van der Waals surface area contributed by atoms with Gasteiger partial charge in [-0.2, -0.15) is 10.2 Å². The lowest BCUT2D eigenvalue weighted by Gasteiger charge is -2.31. The fourth-order valence-corrected chi connectivity index (χ4v) is 2.61. The van der Waals surface area contributed by atoms with Crippen molar-refractivity contribution in [2.24, 2.45) is 7.05 Å². The minimum absolute atomic E-state index is 0.107. The number of nitrogens with one attached hydrogen (secondary N) is 1. The molecule has 1 aliphatic rings. The number of amides is 2. The van der Waals surface area contributed by atoms with Crippen molar-refractivity contribution in [3.63, 3.8) is 0 Å². The Balaban J connectivity index is 1.56. The summed E-state index contributed by atoms with van der Waals surface area (Å²) in [6, 6.07) is 1.31. The molecule has 122 valence electrons. The van der Waals surface area contributed by atoms with Crippen LogP contribution in [0.1, 0.15) is 19.3 Å². The Hall–Kier alpha value is -2.71. The van der Waals surface area contributed by atoms with Crippen LogP contribution in [-0.4, -0.2) is 48.9 Å². The summed E-state index contributed by atoms with van der Waals surface area (Å²) in [5.74, 6) is 0.352. The molecule has 0 bridgehead atoms. The topological polar surface area (TPSA) is 97.9 Å². The monoisotopic (exact) mass is 317 g/mol. The fraction of sp³-hybridized carbons (Fsp3) is 0.500. The van der Waals surface area contributed by atoms with Crippen molar-refractivity contribution < 1.29 is 9.59 Å². The fourth-order valence-electron chi connectivity index (χ4n) is 2.61. The molecule has 0 aromatic carbocycles. The first-order chi connectivity index (χ1) is 11.1. The molecule has 1 N–H and O–H groups in total. The smallest absolute Gasteiger partial charge is 0.250 e. The predicted molar refractivity (Wildman–Crippen MR) is 81.4 cm³/mol. The Bertz CT molecular complexity index is 679. The van der Waals surface area contributed by atoms with Crippen molar-refractivity contribution >= 4 is 17.6 Å². The molecule has 1 atom stereocenters. The Labute approximate surface area is 133 Å². The molecule has 3 rings (SSSR count). The number of rotatable bonds is 5. The average molecular weight is 317 g/mol. The summed E-state index contributed by atoms with van der Waals surface area (Å²) in [7, 11) is 1.81. The maximum atomic E-state index is 12.5. The molecule has 0 radical (unpaired) electrons. The lowest BCUT2D eigenvalue weighted by Crippen LogP contribution is -2.52. The average Bonchev–Trinajstić information content (AvgIpc) is 3.19. The van der Waals surface area contributed by atoms with Crippen molar-refractivity contribution in [1.82, 2.24) is 29.9 Å². The van der Waals surface area contributed by atoms with Gasteiger partial charge in [-0.05, 0) is 12.8 Å². The third kappa shape index (κ3) is 3.55. The van der Waals surface area contributed by atoms with E-state index in [1.165, 1.54) is 6.33 Å². The number of carbonyl (C=O) groups is 2. The number of nitrogens with zero attached hydrogens (tertiary/aromatic N) is 6. The molecule has 9 nitrogen and oxygen atoms in total. The van der Waals surface area contributed by atoms with Crippen LogP contribution in [0.5, 0.6) is 0 Å². The first-order valence-corrected chi connectivity index (χ1v) is 7.56. The van der Waals surface area contributed by atoms with Crippen molar-refractivity contribution in [3.05, 3.63) is 24.9 Å². The second-order valence-electron chi connectivity index (χ2n) is 5.51. The molecule has 2 aromatic rings. The molecule has 0 spiro atoms. The predicted octanol–water partition coefficient (Wildman–Crippen LogP) is -0.287. The molecular weight excluding hydrogens is 298 g/mol. The highest BCUT2D eigenvalue weighted by atomic mass is 16.2. The van der Waals surface area contributed by atoms with Gasteiger partial charge in [0.2, 0.25) is 5.91 Å². The third-order valence-corrected chi connectivity index (χ3v) is 3.78. The van der Waals surface area contributed by atoms with Crippen LogP contribution in [0.3, 0.4) is 0 Å². The highest BCUT2D eigenvalue weighted by Crippen LogP contribution is 2.19. The molecule has 1 fully saturated rings. The largest absolute Gasteiger partial charge is 0.344 e. The van der Waals surface area contributed by atoms with E-state index in [4.69, 9.17) is 0 Å². The van der Waals surface area contributed by atoms with Gasteiger partial charge in [0, 0.05) is 32.3 Å². The normalized spacial score (nSPS) is 18.2. The Morgan fingerprint density at radius 2 is 2.35 bits per heavy atom. The number of anilines is 1. The summed E-state index contributed by atoms with van der Waals surface area (Å²) < 4.78 is 3.24. The van der Waals surface area contributed by atoms with Gasteiger partial charge in [0.1, 0.15) is 18.7 Å². The van der Waals surface area contributed by atoms with E-state index in [1.807, 2.05) is 0 Å². The zero-order chi connectivity index (χ0) is 16.2. The molecular formula is C14H19N7O2. The maximum Gasteiger partial charge on any atom is 0.250 e. The number of carbonyl (C=O) groups excluding carboxylic acids is 2. The maximum absolute atomic E-state index is 12.5. The Kier molecular flexibility index (Phi) is 4.35. The highest BCUT2D eigenvalue weighted by Gasteiger charge is 2.31. The molecule has 1 unspecified atom stereocenters. The first-order valence-electron chi connectivity index (χ1n) is 7.56. The molecule has 2 aromatic heterocycles. The molecule has 0 aliphatic carbocycles. The van der Waals surface area contributed by atoms with E-state index in [2.05, 4.69) is 20.5 Å². The van der Waals surface area contributed by atoms with Gasteiger partial charge in [0.05, 0.1) is 6.54 Å². The van der Waals surface area contributed by atoms with Crippen molar-refractivity contribution in [2.45, 2.75) is 31.8 Å². The van der Waals surface area contributed by atoms with Crippen LogP contribution in [0.4, 0.5) is 5.82 Å². The molecule has 9 heteroatoms. The molecule has 3 heterocycles.